The summed E-state index contributed by atoms with van der Waals surface area (Å²) in [6.07, 6.45) is 0.166. The minimum Gasteiger partial charge on any atom is -0.480 e. The number of aliphatic hydroxyl groups excluding tert-OH is 1. The molecule has 0 aromatic carbocycles. The molecule has 0 spiro atoms. The molecule has 2 unspecified atom stereocenters. The number of nitrogens with zero attached hydrogens (tertiary/aromatic N) is 1. The van der Waals surface area contributed by atoms with Gasteiger partial charge >= 0.3 is 12.0 Å². The Bertz CT molecular complexity index is 424. The fraction of sp³-hybridized carbons (Fsp3) is 0.636. The monoisotopic (exact) mass is 287 g/mol. The second-order valence-electron chi connectivity index (χ2n) is 4.40. The van der Waals surface area contributed by atoms with E-state index in [-0.39, 0.29) is 25.2 Å². The Balaban J connectivity index is 2.55. The van der Waals surface area contributed by atoms with Gasteiger partial charge in [0.05, 0.1) is 0 Å². The van der Waals surface area contributed by atoms with E-state index >= 15 is 0 Å². The van der Waals surface area contributed by atoms with Crippen LogP contribution in [0.1, 0.15) is 19.3 Å². The Kier molecular flexibility index (Phi) is 5.44. The van der Waals surface area contributed by atoms with Crippen molar-refractivity contribution < 1.29 is 29.4 Å². The van der Waals surface area contributed by atoms with Crippen LogP contribution in [0.5, 0.6) is 0 Å². The number of amides is 4. The lowest BCUT2D eigenvalue weighted by atomic mass is 10.1. The highest BCUT2D eigenvalue weighted by Gasteiger charge is 2.33. The fourth-order valence-electron chi connectivity index (χ4n) is 1.79. The number of carbonyl (C=O) groups is 4. The number of nitrogens with one attached hydrogen (secondary N) is 2. The van der Waals surface area contributed by atoms with Crippen LogP contribution in [0.2, 0.25) is 0 Å². The predicted molar refractivity (Wildman–Crippen MR) is 65.6 cm³/mol. The summed E-state index contributed by atoms with van der Waals surface area (Å²) in [4.78, 5) is 46.3. The van der Waals surface area contributed by atoms with Crippen molar-refractivity contribution in [2.75, 3.05) is 13.7 Å². The van der Waals surface area contributed by atoms with E-state index in [0.717, 1.165) is 4.90 Å². The van der Waals surface area contributed by atoms with Gasteiger partial charge in [-0.25, -0.2) is 9.59 Å². The van der Waals surface area contributed by atoms with Gasteiger partial charge in [0.15, 0.2) is 0 Å². The van der Waals surface area contributed by atoms with E-state index in [1.54, 1.807) is 0 Å². The first kappa shape index (κ1) is 15.9. The normalized spacial score (nSPS) is 20.5. The van der Waals surface area contributed by atoms with Crippen LogP contribution in [0.25, 0.3) is 0 Å². The van der Waals surface area contributed by atoms with Crippen molar-refractivity contribution in [3.8, 4) is 0 Å². The van der Waals surface area contributed by atoms with E-state index in [4.69, 9.17) is 10.2 Å². The zero-order valence-electron chi connectivity index (χ0n) is 11.0. The summed E-state index contributed by atoms with van der Waals surface area (Å²) in [5, 5.41) is 22.0. The number of imide groups is 1. The highest BCUT2D eigenvalue weighted by atomic mass is 16.4. The molecule has 1 aliphatic heterocycles. The average Bonchev–Trinajstić information content (AvgIpc) is 2.39. The highest BCUT2D eigenvalue weighted by molar-refractivity contribution is 6.01. The predicted octanol–water partition coefficient (Wildman–Crippen LogP) is -1.73. The molecule has 9 heteroatoms. The van der Waals surface area contributed by atoms with Crippen molar-refractivity contribution >= 4 is 23.8 Å². The smallest absolute Gasteiger partial charge is 0.326 e. The van der Waals surface area contributed by atoms with E-state index < -0.39 is 36.6 Å². The van der Waals surface area contributed by atoms with Gasteiger partial charge in [0.2, 0.25) is 5.91 Å². The lowest BCUT2D eigenvalue weighted by Gasteiger charge is -2.28. The van der Waals surface area contributed by atoms with Crippen molar-refractivity contribution in [1.29, 1.82) is 0 Å². The molecule has 1 rings (SSSR count). The summed E-state index contributed by atoms with van der Waals surface area (Å²) in [5.41, 5.74) is 0. The molecular weight excluding hydrogens is 270 g/mol. The molecule has 0 radical (unpaired) electrons. The molecule has 0 aromatic rings. The fourth-order valence-corrected chi connectivity index (χ4v) is 1.79. The molecule has 9 nitrogen and oxygen atoms in total. The molecule has 2 atom stereocenters. The number of likely N-dealkylation sites (tertiary alicyclic amines) is 1. The molecule has 0 bridgehead atoms. The minimum absolute atomic E-state index is 0.131. The number of carboxylic acids is 1. The van der Waals surface area contributed by atoms with E-state index in [9.17, 15) is 19.2 Å². The van der Waals surface area contributed by atoms with Gasteiger partial charge in [0.1, 0.15) is 12.1 Å². The van der Waals surface area contributed by atoms with Crippen molar-refractivity contribution in [3.05, 3.63) is 0 Å². The Morgan fingerprint density at radius 3 is 2.65 bits per heavy atom. The zero-order valence-corrected chi connectivity index (χ0v) is 11.0. The van der Waals surface area contributed by atoms with Crippen molar-refractivity contribution in [3.63, 3.8) is 0 Å². The number of aliphatic hydroxyl groups is 1. The second kappa shape index (κ2) is 6.85. The Morgan fingerprint density at radius 2 is 2.10 bits per heavy atom. The van der Waals surface area contributed by atoms with Crippen molar-refractivity contribution in [2.45, 2.75) is 31.3 Å². The first-order valence-electron chi connectivity index (χ1n) is 6.08. The number of piperidine rings is 1. The molecular formula is C11H17N3O6. The number of carboxylic acid groups (broad SMARTS) is 1. The van der Waals surface area contributed by atoms with Crippen molar-refractivity contribution in [1.82, 2.24) is 15.5 Å². The minimum atomic E-state index is -1.28. The summed E-state index contributed by atoms with van der Waals surface area (Å²) < 4.78 is 0. The summed E-state index contributed by atoms with van der Waals surface area (Å²) in [6, 6.07) is -2.92. The summed E-state index contributed by atoms with van der Waals surface area (Å²) in [6.45, 7) is -0.392. The number of hydrogen-bond acceptors (Lipinski definition) is 5. The van der Waals surface area contributed by atoms with Crippen LogP contribution in [0, 0.1) is 0 Å². The van der Waals surface area contributed by atoms with E-state index in [0.29, 0.717) is 0 Å². The maximum atomic E-state index is 11.7. The van der Waals surface area contributed by atoms with Gasteiger partial charge < -0.3 is 20.8 Å². The standard InChI is InChI=1S/C11H17N3O6/c1-14-8(16)3-2-6(9(14)17)12-11(20)13-7(4-5-15)10(18)19/h6-7,15H,2-5H2,1H3,(H,18,19)(H2,12,13,20). The maximum Gasteiger partial charge on any atom is 0.326 e. The van der Waals surface area contributed by atoms with Crippen LogP contribution in [-0.2, 0) is 14.4 Å². The van der Waals surface area contributed by atoms with Gasteiger partial charge in [0.25, 0.3) is 5.91 Å². The van der Waals surface area contributed by atoms with Gasteiger partial charge in [-0.1, -0.05) is 0 Å². The topological polar surface area (TPSA) is 136 Å². The first-order valence-corrected chi connectivity index (χ1v) is 6.08. The molecule has 4 amide bonds. The first-order chi connectivity index (χ1) is 9.36. The highest BCUT2D eigenvalue weighted by Crippen LogP contribution is 2.11. The third kappa shape index (κ3) is 3.92. The number of aliphatic carboxylic acids is 1. The van der Waals surface area contributed by atoms with Gasteiger partial charge in [-0.05, 0) is 6.42 Å². The average molecular weight is 287 g/mol. The Hall–Kier alpha value is -2.16. The molecule has 20 heavy (non-hydrogen) atoms. The SMILES string of the molecule is CN1C(=O)CCC(NC(=O)NC(CCO)C(=O)O)C1=O. The van der Waals surface area contributed by atoms with Crippen molar-refractivity contribution in [2.24, 2.45) is 0 Å². The van der Waals surface area contributed by atoms with Crippen LogP contribution >= 0.6 is 0 Å². The third-order valence-electron chi connectivity index (χ3n) is 2.98. The van der Waals surface area contributed by atoms with E-state index in [2.05, 4.69) is 10.6 Å². The molecule has 4 N–H and O–H groups in total. The van der Waals surface area contributed by atoms with Crippen LogP contribution in [-0.4, -0.2) is 64.7 Å². The number of urea groups is 1. The third-order valence-corrected chi connectivity index (χ3v) is 2.98. The lowest BCUT2D eigenvalue weighted by Crippen LogP contribution is -2.56. The Labute approximate surface area is 114 Å². The van der Waals surface area contributed by atoms with Crippen LogP contribution in [0.3, 0.4) is 0 Å². The molecule has 1 aliphatic rings. The quantitative estimate of drug-likeness (QED) is 0.443. The van der Waals surface area contributed by atoms with Crippen LogP contribution in [0.4, 0.5) is 4.79 Å². The number of rotatable bonds is 5. The number of carbonyl (C=O) groups excluding carboxylic acids is 3. The molecule has 0 aromatic heterocycles. The summed E-state index contributed by atoms with van der Waals surface area (Å²) >= 11 is 0. The summed E-state index contributed by atoms with van der Waals surface area (Å²) in [7, 11) is 1.32. The number of hydrogen-bond donors (Lipinski definition) is 4. The maximum absolute atomic E-state index is 11.7. The molecule has 1 fully saturated rings. The second-order valence-corrected chi connectivity index (χ2v) is 4.40. The largest absolute Gasteiger partial charge is 0.480 e. The Morgan fingerprint density at radius 1 is 1.45 bits per heavy atom. The van der Waals surface area contributed by atoms with Gasteiger partial charge in [-0.2, -0.15) is 0 Å². The summed E-state index contributed by atoms with van der Waals surface area (Å²) in [5.74, 6) is -2.14. The van der Waals surface area contributed by atoms with Crippen LogP contribution < -0.4 is 10.6 Å². The van der Waals surface area contributed by atoms with E-state index in [1.807, 2.05) is 0 Å². The van der Waals surface area contributed by atoms with E-state index in [1.165, 1.54) is 7.05 Å². The van der Waals surface area contributed by atoms with Gasteiger partial charge in [-0.15, -0.1) is 0 Å². The molecule has 112 valence electrons. The molecule has 0 saturated carbocycles. The van der Waals surface area contributed by atoms with Gasteiger partial charge in [-0.3, -0.25) is 14.5 Å². The number of likely N-dealkylation sites (N-methyl/N-ethyl adjacent to an activating group) is 1. The molecule has 0 aliphatic carbocycles. The molecule has 1 saturated heterocycles. The lowest BCUT2D eigenvalue weighted by molar-refractivity contribution is -0.147. The molecule has 1 heterocycles. The van der Waals surface area contributed by atoms with Gasteiger partial charge in [0, 0.05) is 26.5 Å². The zero-order chi connectivity index (χ0) is 15.3. The van der Waals surface area contributed by atoms with Crippen LogP contribution in [0.15, 0.2) is 0 Å².